The lowest BCUT2D eigenvalue weighted by Crippen LogP contribution is -2.44. The van der Waals surface area contributed by atoms with Crippen molar-refractivity contribution < 1.29 is 4.74 Å². The molecular formula is C14H21N3O. The summed E-state index contributed by atoms with van der Waals surface area (Å²) < 4.78 is 5.47. The number of pyridine rings is 1. The van der Waals surface area contributed by atoms with Crippen LogP contribution in [0.25, 0.3) is 0 Å². The lowest BCUT2D eigenvalue weighted by atomic mass is 10.2. The summed E-state index contributed by atoms with van der Waals surface area (Å²) in [5, 5.41) is 3.51. The summed E-state index contributed by atoms with van der Waals surface area (Å²) in [7, 11) is 0. The Bertz CT molecular complexity index is 406. The van der Waals surface area contributed by atoms with Crippen LogP contribution in [0.4, 0.5) is 5.82 Å². The van der Waals surface area contributed by atoms with E-state index in [1.54, 1.807) is 0 Å². The van der Waals surface area contributed by atoms with Gasteiger partial charge in [0.1, 0.15) is 5.82 Å². The number of anilines is 1. The summed E-state index contributed by atoms with van der Waals surface area (Å²) in [6.45, 7) is 5.61. The van der Waals surface area contributed by atoms with Crippen molar-refractivity contribution in [3.8, 4) is 0 Å². The van der Waals surface area contributed by atoms with Gasteiger partial charge in [-0.1, -0.05) is 6.07 Å². The molecule has 0 aromatic carbocycles. The molecule has 4 nitrogen and oxygen atoms in total. The number of aromatic nitrogens is 1. The summed E-state index contributed by atoms with van der Waals surface area (Å²) in [5.74, 6) is 1.08. The molecule has 4 heteroatoms. The van der Waals surface area contributed by atoms with Crippen LogP contribution in [0.1, 0.15) is 25.5 Å². The van der Waals surface area contributed by atoms with Crippen LogP contribution in [-0.2, 0) is 11.3 Å². The van der Waals surface area contributed by atoms with Crippen LogP contribution in [0.3, 0.4) is 0 Å². The molecule has 1 N–H and O–H groups in total. The maximum atomic E-state index is 5.47. The van der Waals surface area contributed by atoms with Gasteiger partial charge in [-0.15, -0.1) is 0 Å². The zero-order valence-electron chi connectivity index (χ0n) is 10.9. The maximum absolute atomic E-state index is 5.47. The van der Waals surface area contributed by atoms with E-state index in [1.807, 2.05) is 0 Å². The number of nitrogens with one attached hydrogen (secondary N) is 1. The molecule has 0 spiro atoms. The van der Waals surface area contributed by atoms with Crippen molar-refractivity contribution in [2.24, 2.45) is 0 Å². The summed E-state index contributed by atoms with van der Waals surface area (Å²) in [6.07, 6.45) is 2.64. The van der Waals surface area contributed by atoms with Gasteiger partial charge in [0.25, 0.3) is 0 Å². The first-order chi connectivity index (χ1) is 8.83. The maximum Gasteiger partial charge on any atom is 0.129 e. The first-order valence-electron chi connectivity index (χ1n) is 6.86. The Morgan fingerprint density at radius 3 is 3.11 bits per heavy atom. The third-order valence-electron chi connectivity index (χ3n) is 3.60. The second kappa shape index (κ2) is 5.24. The molecule has 1 aliphatic heterocycles. The fourth-order valence-electron chi connectivity index (χ4n) is 2.33. The smallest absolute Gasteiger partial charge is 0.129 e. The van der Waals surface area contributed by atoms with E-state index in [4.69, 9.17) is 9.72 Å². The van der Waals surface area contributed by atoms with Gasteiger partial charge in [-0.2, -0.15) is 0 Å². The second-order valence-electron chi connectivity index (χ2n) is 5.26. The van der Waals surface area contributed by atoms with Gasteiger partial charge >= 0.3 is 0 Å². The molecule has 2 aliphatic rings. The van der Waals surface area contributed by atoms with Crippen LogP contribution in [0.5, 0.6) is 0 Å². The van der Waals surface area contributed by atoms with Crippen LogP contribution < -0.4 is 10.2 Å². The number of rotatable bonds is 4. The molecule has 1 aromatic rings. The van der Waals surface area contributed by atoms with Crippen LogP contribution in [0, 0.1) is 0 Å². The van der Waals surface area contributed by atoms with E-state index in [0.717, 1.165) is 43.9 Å². The fraction of sp³-hybridized carbons (Fsp3) is 0.643. The minimum absolute atomic E-state index is 0.415. The molecular weight excluding hydrogens is 226 g/mol. The molecule has 0 radical (unpaired) electrons. The molecule has 98 valence electrons. The Hall–Kier alpha value is -1.13. The quantitative estimate of drug-likeness (QED) is 0.876. The average molecular weight is 247 g/mol. The van der Waals surface area contributed by atoms with Crippen molar-refractivity contribution in [1.82, 2.24) is 10.3 Å². The average Bonchev–Trinajstić information content (AvgIpc) is 3.21. The third-order valence-corrected chi connectivity index (χ3v) is 3.60. The molecule has 2 fully saturated rings. The molecule has 1 unspecified atom stereocenters. The lowest BCUT2D eigenvalue weighted by Gasteiger charge is -2.34. The molecule has 0 bridgehead atoms. The SMILES string of the molecule is CC1COCCN1c1cccc(CNC2CC2)n1. The zero-order valence-corrected chi connectivity index (χ0v) is 10.9. The Morgan fingerprint density at radius 2 is 2.33 bits per heavy atom. The van der Waals surface area contributed by atoms with Gasteiger partial charge in [0.05, 0.1) is 24.9 Å². The fourth-order valence-corrected chi connectivity index (χ4v) is 2.33. The molecule has 0 amide bonds. The third kappa shape index (κ3) is 2.82. The molecule has 1 aliphatic carbocycles. The number of ether oxygens (including phenoxy) is 1. The number of nitrogens with zero attached hydrogens (tertiary/aromatic N) is 2. The van der Waals surface area contributed by atoms with E-state index in [0.29, 0.717) is 6.04 Å². The van der Waals surface area contributed by atoms with Crippen molar-refractivity contribution in [3.63, 3.8) is 0 Å². The van der Waals surface area contributed by atoms with Gasteiger partial charge in [0.15, 0.2) is 0 Å². The molecule has 2 heterocycles. The Kier molecular flexibility index (Phi) is 3.48. The van der Waals surface area contributed by atoms with Gasteiger partial charge in [0, 0.05) is 19.1 Å². The van der Waals surface area contributed by atoms with E-state index in [-0.39, 0.29) is 0 Å². The van der Waals surface area contributed by atoms with Crippen molar-refractivity contribution in [1.29, 1.82) is 0 Å². The molecule has 1 atom stereocenters. The predicted octanol–water partition coefficient (Wildman–Crippen LogP) is 1.56. The van der Waals surface area contributed by atoms with Crippen LogP contribution in [0.15, 0.2) is 18.2 Å². The van der Waals surface area contributed by atoms with E-state index < -0.39 is 0 Å². The summed E-state index contributed by atoms with van der Waals surface area (Å²) >= 11 is 0. The molecule has 1 aromatic heterocycles. The minimum atomic E-state index is 0.415. The largest absolute Gasteiger partial charge is 0.377 e. The van der Waals surface area contributed by atoms with Crippen molar-refractivity contribution in [3.05, 3.63) is 23.9 Å². The van der Waals surface area contributed by atoms with E-state index >= 15 is 0 Å². The molecule has 1 saturated carbocycles. The van der Waals surface area contributed by atoms with Gasteiger partial charge in [-0.05, 0) is 31.9 Å². The summed E-state index contributed by atoms with van der Waals surface area (Å²) in [5.41, 5.74) is 1.14. The first-order valence-corrected chi connectivity index (χ1v) is 6.86. The second-order valence-corrected chi connectivity index (χ2v) is 5.26. The highest BCUT2D eigenvalue weighted by atomic mass is 16.5. The lowest BCUT2D eigenvalue weighted by molar-refractivity contribution is 0.0985. The van der Waals surface area contributed by atoms with E-state index in [2.05, 4.69) is 35.3 Å². The highest BCUT2D eigenvalue weighted by Gasteiger charge is 2.22. The van der Waals surface area contributed by atoms with Gasteiger partial charge < -0.3 is 15.0 Å². The zero-order chi connectivity index (χ0) is 12.4. The Morgan fingerprint density at radius 1 is 1.44 bits per heavy atom. The molecule has 3 rings (SSSR count). The van der Waals surface area contributed by atoms with Gasteiger partial charge in [-0.25, -0.2) is 4.98 Å². The highest BCUT2D eigenvalue weighted by Crippen LogP contribution is 2.20. The summed E-state index contributed by atoms with van der Waals surface area (Å²) in [4.78, 5) is 7.09. The molecule has 1 saturated heterocycles. The first kappa shape index (κ1) is 11.9. The number of hydrogen-bond donors (Lipinski definition) is 1. The normalized spacial score (nSPS) is 24.3. The number of morpholine rings is 1. The molecule has 18 heavy (non-hydrogen) atoms. The minimum Gasteiger partial charge on any atom is -0.377 e. The van der Waals surface area contributed by atoms with Crippen LogP contribution in [-0.4, -0.2) is 36.8 Å². The Labute approximate surface area is 108 Å². The Balaban J connectivity index is 1.68. The highest BCUT2D eigenvalue weighted by molar-refractivity contribution is 5.41. The topological polar surface area (TPSA) is 37.4 Å². The van der Waals surface area contributed by atoms with Crippen molar-refractivity contribution >= 4 is 5.82 Å². The monoisotopic (exact) mass is 247 g/mol. The van der Waals surface area contributed by atoms with Gasteiger partial charge in [0.2, 0.25) is 0 Å². The number of hydrogen-bond acceptors (Lipinski definition) is 4. The van der Waals surface area contributed by atoms with Gasteiger partial charge in [-0.3, -0.25) is 0 Å². The standard InChI is InChI=1S/C14H21N3O/c1-11-10-18-8-7-17(11)14-4-2-3-13(16-14)9-15-12-5-6-12/h2-4,11-12,15H,5-10H2,1H3. The van der Waals surface area contributed by atoms with Crippen LogP contribution >= 0.6 is 0 Å². The van der Waals surface area contributed by atoms with E-state index in [1.165, 1.54) is 12.8 Å². The van der Waals surface area contributed by atoms with E-state index in [9.17, 15) is 0 Å². The predicted molar refractivity (Wildman–Crippen MR) is 71.7 cm³/mol. The van der Waals surface area contributed by atoms with Crippen molar-refractivity contribution in [2.75, 3.05) is 24.7 Å². The summed E-state index contributed by atoms with van der Waals surface area (Å²) in [6, 6.07) is 7.46. The van der Waals surface area contributed by atoms with Crippen LogP contribution in [0.2, 0.25) is 0 Å². The van der Waals surface area contributed by atoms with Crippen molar-refractivity contribution in [2.45, 2.75) is 38.4 Å².